The average Bonchev–Trinajstić information content (AvgIpc) is 2.58. The smallest absolute Gasteiger partial charge is 0.124 e. The Hall–Kier alpha value is -0.840. The fraction of sp³-hybridized carbons (Fsp3) is 0. The van der Waals surface area contributed by atoms with Gasteiger partial charge in [-0.15, -0.1) is 0 Å². The molecule has 0 amide bonds. The van der Waals surface area contributed by atoms with Crippen LogP contribution >= 0.6 is 22.6 Å². The topological polar surface area (TPSA) is 26.0 Å². The van der Waals surface area contributed by atoms with E-state index < -0.39 is 0 Å². The predicted octanol–water partition coefficient (Wildman–Crippen LogP) is 2.95. The van der Waals surface area contributed by atoms with E-state index in [1.807, 2.05) is 30.3 Å². The first-order valence-electron chi connectivity index (χ1n) is 3.52. The number of hydrogen-bond donors (Lipinski definition) is 0. The van der Waals surface area contributed by atoms with Crippen LogP contribution in [0.25, 0.3) is 11.3 Å². The zero-order valence-corrected chi connectivity index (χ0v) is 8.36. The largest absolute Gasteiger partial charge is 0.364 e. The van der Waals surface area contributed by atoms with Crippen LogP contribution in [0.3, 0.4) is 0 Å². The lowest BCUT2D eigenvalue weighted by Crippen LogP contribution is -1.76. The second kappa shape index (κ2) is 3.26. The standard InChI is InChI=1S/C9H6INO/c10-8-3-1-7(2-4-8)9-5-6-12-11-9/h1-6H. The molecule has 60 valence electrons. The van der Waals surface area contributed by atoms with Gasteiger partial charge in [0.25, 0.3) is 0 Å². The monoisotopic (exact) mass is 271 g/mol. The van der Waals surface area contributed by atoms with Gasteiger partial charge in [-0.2, -0.15) is 0 Å². The third-order valence-electron chi connectivity index (χ3n) is 1.58. The molecule has 0 bridgehead atoms. The molecule has 0 spiro atoms. The molecule has 1 aromatic carbocycles. The lowest BCUT2D eigenvalue weighted by molar-refractivity contribution is 0.422. The maximum Gasteiger partial charge on any atom is 0.124 e. The lowest BCUT2D eigenvalue weighted by Gasteiger charge is -1.93. The molecule has 0 fully saturated rings. The number of halogens is 1. The molecule has 0 saturated heterocycles. The third-order valence-corrected chi connectivity index (χ3v) is 2.30. The Morgan fingerprint density at radius 2 is 1.83 bits per heavy atom. The molecule has 0 N–H and O–H groups in total. The predicted molar refractivity (Wildman–Crippen MR) is 54.7 cm³/mol. The molecule has 0 radical (unpaired) electrons. The van der Waals surface area contributed by atoms with E-state index in [1.165, 1.54) is 3.57 Å². The molecule has 0 saturated carbocycles. The van der Waals surface area contributed by atoms with Gasteiger partial charge in [0.15, 0.2) is 0 Å². The Labute approximate surface area is 83.7 Å². The van der Waals surface area contributed by atoms with E-state index in [-0.39, 0.29) is 0 Å². The normalized spacial score (nSPS) is 10.1. The minimum absolute atomic E-state index is 0.881. The van der Waals surface area contributed by atoms with Crippen molar-refractivity contribution in [1.82, 2.24) is 5.16 Å². The van der Waals surface area contributed by atoms with Gasteiger partial charge in [0.05, 0.1) is 0 Å². The molecular formula is C9H6INO. The van der Waals surface area contributed by atoms with Gasteiger partial charge in [0.2, 0.25) is 0 Å². The van der Waals surface area contributed by atoms with Crippen LogP contribution in [0, 0.1) is 3.57 Å². The number of hydrogen-bond acceptors (Lipinski definition) is 2. The first kappa shape index (κ1) is 7.79. The van der Waals surface area contributed by atoms with Crippen LogP contribution in [0.2, 0.25) is 0 Å². The maximum absolute atomic E-state index is 4.75. The van der Waals surface area contributed by atoms with Crippen molar-refractivity contribution >= 4 is 22.6 Å². The van der Waals surface area contributed by atoms with Crippen molar-refractivity contribution in [3.05, 3.63) is 40.2 Å². The van der Waals surface area contributed by atoms with Gasteiger partial charge < -0.3 is 4.52 Å². The van der Waals surface area contributed by atoms with Gasteiger partial charge in [-0.05, 0) is 34.7 Å². The summed E-state index contributed by atoms with van der Waals surface area (Å²) in [6.07, 6.45) is 1.58. The SMILES string of the molecule is Ic1ccc(-c2ccon2)cc1. The summed E-state index contributed by atoms with van der Waals surface area (Å²) in [4.78, 5) is 0. The van der Waals surface area contributed by atoms with Crippen LogP contribution in [0.4, 0.5) is 0 Å². The van der Waals surface area contributed by atoms with Gasteiger partial charge in [0, 0.05) is 15.2 Å². The molecule has 12 heavy (non-hydrogen) atoms. The summed E-state index contributed by atoms with van der Waals surface area (Å²) < 4.78 is 5.97. The van der Waals surface area contributed by atoms with Crippen molar-refractivity contribution in [2.45, 2.75) is 0 Å². The zero-order chi connectivity index (χ0) is 8.39. The number of aromatic nitrogens is 1. The van der Waals surface area contributed by atoms with E-state index in [9.17, 15) is 0 Å². The van der Waals surface area contributed by atoms with Gasteiger partial charge >= 0.3 is 0 Å². The van der Waals surface area contributed by atoms with Crippen molar-refractivity contribution in [1.29, 1.82) is 0 Å². The summed E-state index contributed by atoms with van der Waals surface area (Å²) in [5.74, 6) is 0. The molecule has 2 nitrogen and oxygen atoms in total. The van der Waals surface area contributed by atoms with Gasteiger partial charge in [-0.3, -0.25) is 0 Å². The molecule has 3 heteroatoms. The zero-order valence-electron chi connectivity index (χ0n) is 6.20. The number of nitrogens with zero attached hydrogens (tertiary/aromatic N) is 1. The Bertz CT molecular complexity index is 353. The highest BCUT2D eigenvalue weighted by atomic mass is 127. The first-order chi connectivity index (χ1) is 5.86. The fourth-order valence-electron chi connectivity index (χ4n) is 0.982. The van der Waals surface area contributed by atoms with Gasteiger partial charge in [-0.25, -0.2) is 0 Å². The van der Waals surface area contributed by atoms with Gasteiger partial charge in [0.1, 0.15) is 12.0 Å². The van der Waals surface area contributed by atoms with Crippen LogP contribution in [-0.2, 0) is 0 Å². The van der Waals surface area contributed by atoms with Crippen LogP contribution in [-0.4, -0.2) is 5.16 Å². The van der Waals surface area contributed by atoms with Crippen LogP contribution in [0.5, 0.6) is 0 Å². The van der Waals surface area contributed by atoms with Crippen molar-refractivity contribution in [2.75, 3.05) is 0 Å². The van der Waals surface area contributed by atoms with Crippen molar-refractivity contribution < 1.29 is 4.52 Å². The molecule has 0 atom stereocenters. The highest BCUT2D eigenvalue weighted by molar-refractivity contribution is 14.1. The van der Waals surface area contributed by atoms with Gasteiger partial charge in [-0.1, -0.05) is 17.3 Å². The number of benzene rings is 1. The average molecular weight is 271 g/mol. The molecular weight excluding hydrogens is 265 g/mol. The third kappa shape index (κ3) is 1.50. The fourth-order valence-corrected chi connectivity index (χ4v) is 1.34. The Kier molecular flexibility index (Phi) is 2.12. The summed E-state index contributed by atoms with van der Waals surface area (Å²) in [5, 5.41) is 3.84. The first-order valence-corrected chi connectivity index (χ1v) is 4.60. The van der Waals surface area contributed by atoms with E-state index in [2.05, 4.69) is 27.7 Å². The van der Waals surface area contributed by atoms with Crippen molar-refractivity contribution in [2.24, 2.45) is 0 Å². The molecule has 1 heterocycles. The van der Waals surface area contributed by atoms with Crippen LogP contribution < -0.4 is 0 Å². The van der Waals surface area contributed by atoms with Crippen LogP contribution in [0.15, 0.2) is 41.1 Å². The minimum Gasteiger partial charge on any atom is -0.364 e. The summed E-state index contributed by atoms with van der Waals surface area (Å²) in [6, 6.07) is 10.00. The van der Waals surface area contributed by atoms with Crippen molar-refractivity contribution in [3.8, 4) is 11.3 Å². The maximum atomic E-state index is 4.75. The second-order valence-corrected chi connectivity index (χ2v) is 3.64. The summed E-state index contributed by atoms with van der Waals surface area (Å²) in [6.45, 7) is 0. The quantitative estimate of drug-likeness (QED) is 0.745. The molecule has 2 rings (SSSR count). The Balaban J connectivity index is 2.43. The highest BCUT2D eigenvalue weighted by Crippen LogP contribution is 2.17. The van der Waals surface area contributed by atoms with E-state index in [4.69, 9.17) is 4.52 Å². The van der Waals surface area contributed by atoms with Crippen molar-refractivity contribution in [3.63, 3.8) is 0 Å². The molecule has 1 aromatic heterocycles. The van der Waals surface area contributed by atoms with Crippen LogP contribution in [0.1, 0.15) is 0 Å². The summed E-state index contributed by atoms with van der Waals surface area (Å²) in [7, 11) is 0. The van der Waals surface area contributed by atoms with E-state index in [0.29, 0.717) is 0 Å². The summed E-state index contributed by atoms with van der Waals surface area (Å²) >= 11 is 2.27. The second-order valence-electron chi connectivity index (χ2n) is 2.39. The lowest BCUT2D eigenvalue weighted by atomic mass is 10.2. The molecule has 0 aliphatic carbocycles. The molecule has 0 aliphatic heterocycles. The highest BCUT2D eigenvalue weighted by Gasteiger charge is 1.98. The Morgan fingerprint density at radius 1 is 1.08 bits per heavy atom. The number of rotatable bonds is 1. The van der Waals surface area contributed by atoms with E-state index in [0.717, 1.165) is 11.3 Å². The molecule has 0 unspecified atom stereocenters. The van der Waals surface area contributed by atoms with E-state index >= 15 is 0 Å². The summed E-state index contributed by atoms with van der Waals surface area (Å²) in [5.41, 5.74) is 1.97. The molecule has 0 aliphatic rings. The van der Waals surface area contributed by atoms with E-state index in [1.54, 1.807) is 6.26 Å². The Morgan fingerprint density at radius 3 is 2.42 bits per heavy atom. The molecule has 2 aromatic rings. The minimum atomic E-state index is 0.881.